The molecule has 104 heavy (non-hydrogen) atoms. The quantitative estimate of drug-likeness (QED) is 0.0404. The minimum atomic E-state index is -2.43. The van der Waals surface area contributed by atoms with Crippen molar-refractivity contribution in [3.05, 3.63) is 0 Å². The SMILES string of the molecule is CC(=O)N[C@@H]1[C@@H](O[C@@H]2O[C@@H](C)[C@@H](O)[C@@H](O)[C@@H]2O)[C@H](O[C@@H]2O[C@H](CO)[C@@H](O[C@@H]3O[C@H](CO[C@H]4O[C@H](CO)[C@@H](O)[C@H](O[C@H]5O[C@H](CO)[C@@H](O)[C@H](O)[C@@H]5O[C@H]5O[C@H](CO)[C@@H](O)[C@H](O)[C@@H]5O)[C@@H]4O)[C@@H](O)[C@H](O[C@H]4O[C@H](CO)[C@@H](O)[C@H](O)[C@@H]4O)[C@@H]3O)[C@H](O)[C@H]2NC(C)=O)[C@@H](CO[C@@H]2O[C@@H](C)[C@@H](O)[C@@H](O)[C@@H]2O)O[C@H]1O. The van der Waals surface area contributed by atoms with Crippen LogP contribution in [0.3, 0.4) is 0 Å². The minimum absolute atomic E-state index is 0.868. The van der Waals surface area contributed by atoms with E-state index >= 15 is 0 Å². The van der Waals surface area contributed by atoms with Crippen LogP contribution in [-0.2, 0) is 90.1 Å². The Labute approximate surface area is 589 Å². The van der Waals surface area contributed by atoms with E-state index in [1.165, 1.54) is 13.8 Å². The summed E-state index contributed by atoms with van der Waals surface area (Å²) in [6.45, 7) is -2.82. The molecule has 9 rings (SSSR count). The van der Waals surface area contributed by atoms with Crippen molar-refractivity contribution in [3.63, 3.8) is 0 Å². The van der Waals surface area contributed by atoms with E-state index in [1.54, 1.807) is 0 Å². The van der Waals surface area contributed by atoms with Gasteiger partial charge in [-0.1, -0.05) is 0 Å². The largest absolute Gasteiger partial charge is 0.394 e. The highest BCUT2D eigenvalue weighted by molar-refractivity contribution is 5.73. The lowest BCUT2D eigenvalue weighted by atomic mass is 9.93. The fourth-order valence-electron chi connectivity index (χ4n) is 13.4. The molecule has 9 aliphatic rings. The van der Waals surface area contributed by atoms with Crippen LogP contribution < -0.4 is 10.6 Å². The van der Waals surface area contributed by atoms with Gasteiger partial charge in [0.1, 0.15) is 207 Å². The van der Waals surface area contributed by atoms with Gasteiger partial charge >= 0.3 is 0 Å². The fraction of sp³-hybridized carbons (Fsp3) is 0.966. The summed E-state index contributed by atoms with van der Waals surface area (Å²) in [4.78, 5) is 26.1. The molecule has 0 aromatic carbocycles. The van der Waals surface area contributed by atoms with Crippen LogP contribution in [-0.4, -0.2) is 462 Å². The predicted octanol–water partition coefficient (Wildman–Crippen LogP) is -18.3. The van der Waals surface area contributed by atoms with Crippen molar-refractivity contribution in [2.24, 2.45) is 0 Å². The van der Waals surface area contributed by atoms with E-state index in [0.29, 0.717) is 0 Å². The second kappa shape index (κ2) is 36.6. The molecule has 0 saturated carbocycles. The van der Waals surface area contributed by atoms with Crippen LogP contribution >= 0.6 is 0 Å². The molecule has 9 aliphatic heterocycles. The fourth-order valence-corrected chi connectivity index (χ4v) is 13.4. The Hall–Kier alpha value is -2.74. The third-order valence-corrected chi connectivity index (χ3v) is 19.5. The Morgan fingerprint density at radius 3 is 1.11 bits per heavy atom. The molecule has 27 N–H and O–H groups in total. The lowest BCUT2D eigenvalue weighted by molar-refractivity contribution is -0.395. The van der Waals surface area contributed by atoms with Crippen LogP contribution in [0, 0.1) is 0 Å². The zero-order valence-electron chi connectivity index (χ0n) is 55.9. The molecular formula is C58H98N2O44. The van der Waals surface area contributed by atoms with Gasteiger partial charge < -0.3 is 219 Å². The predicted molar refractivity (Wildman–Crippen MR) is 317 cm³/mol. The van der Waals surface area contributed by atoms with E-state index in [0.717, 1.165) is 13.8 Å². The number of carbonyl (C=O) groups excluding carboxylic acids is 2. The van der Waals surface area contributed by atoms with Crippen molar-refractivity contribution in [1.82, 2.24) is 10.6 Å². The maximum Gasteiger partial charge on any atom is 0.217 e. The summed E-state index contributed by atoms with van der Waals surface area (Å²) in [7, 11) is 0. The first-order valence-corrected chi connectivity index (χ1v) is 33.4. The highest BCUT2D eigenvalue weighted by Crippen LogP contribution is 2.40. The van der Waals surface area contributed by atoms with Gasteiger partial charge in [0.05, 0.1) is 58.5 Å². The van der Waals surface area contributed by atoms with Crippen LogP contribution in [0.5, 0.6) is 0 Å². The maximum absolute atomic E-state index is 13.2. The average Bonchev–Trinajstić information content (AvgIpc) is 0.773. The van der Waals surface area contributed by atoms with Gasteiger partial charge in [-0.25, -0.2) is 0 Å². The number of carbonyl (C=O) groups is 2. The number of amides is 2. The average molecular weight is 1530 g/mol. The second-order valence-corrected chi connectivity index (χ2v) is 26.7. The Bertz CT molecular complexity index is 2680. The van der Waals surface area contributed by atoms with E-state index < -0.39 is 334 Å². The van der Waals surface area contributed by atoms with E-state index in [2.05, 4.69) is 10.6 Å². The van der Waals surface area contributed by atoms with Gasteiger partial charge in [0, 0.05) is 13.8 Å². The van der Waals surface area contributed by atoms with Gasteiger partial charge in [-0.3, -0.25) is 9.59 Å². The molecule has 0 bridgehead atoms. The van der Waals surface area contributed by atoms with E-state index in [9.17, 15) is 137 Å². The lowest BCUT2D eigenvalue weighted by Crippen LogP contribution is -2.71. The van der Waals surface area contributed by atoms with Crippen molar-refractivity contribution in [1.29, 1.82) is 0 Å². The first kappa shape index (κ1) is 85.3. The van der Waals surface area contributed by atoms with E-state index in [-0.39, 0.29) is 0 Å². The molecule has 0 aromatic rings. The van der Waals surface area contributed by atoms with Crippen molar-refractivity contribution in [2.45, 2.75) is 304 Å². The third-order valence-electron chi connectivity index (χ3n) is 19.5. The second-order valence-electron chi connectivity index (χ2n) is 26.7. The molecule has 0 aromatic heterocycles. The van der Waals surface area contributed by atoms with Crippen LogP contribution in [0.2, 0.25) is 0 Å². The first-order valence-electron chi connectivity index (χ1n) is 33.4. The van der Waals surface area contributed by atoms with Gasteiger partial charge in [0.25, 0.3) is 0 Å². The molecular weight excluding hydrogens is 1430 g/mol. The van der Waals surface area contributed by atoms with Crippen LogP contribution in [0.15, 0.2) is 0 Å². The lowest BCUT2D eigenvalue weighted by Gasteiger charge is -2.51. The molecule has 46 nitrogen and oxygen atoms in total. The molecule has 9 heterocycles. The number of rotatable bonds is 25. The minimum Gasteiger partial charge on any atom is -0.394 e. The summed E-state index contributed by atoms with van der Waals surface area (Å²) in [6.07, 6.45) is -86.0. The summed E-state index contributed by atoms with van der Waals surface area (Å²) in [5.41, 5.74) is 0. The summed E-state index contributed by atoms with van der Waals surface area (Å²) in [5, 5.41) is 279. The van der Waals surface area contributed by atoms with Crippen LogP contribution in [0.1, 0.15) is 27.7 Å². The molecule has 9 saturated heterocycles. The number of hydrogen-bond donors (Lipinski definition) is 27. The Morgan fingerprint density at radius 2 is 0.596 bits per heavy atom. The Kier molecular flexibility index (Phi) is 30.0. The van der Waals surface area contributed by atoms with Gasteiger partial charge in [-0.15, -0.1) is 0 Å². The van der Waals surface area contributed by atoms with Crippen molar-refractivity contribution >= 4 is 11.8 Å². The summed E-state index contributed by atoms with van der Waals surface area (Å²) >= 11 is 0. The van der Waals surface area contributed by atoms with Gasteiger partial charge in [-0.05, 0) is 13.8 Å². The Balaban J connectivity index is 1.01. The monoisotopic (exact) mass is 1530 g/mol. The smallest absolute Gasteiger partial charge is 0.217 e. The standard InChI is InChI=1S/C58H98N2O44/c1-12-25(68)33(76)38(81)52(90-12)89-11-22-45(46(24(50(87)92-22)60-15(4)67)101-54-39(82)34(77)26(69)13(2)91-54)100-51-23(59-14(3)66)32(75)44(20(9-65)97-51)99-57-43(86)48(102-55-40(83)35(78)27(70)16(5-61)94-55)31(74)21(98-57)10-88-53-42(85)47(30(73)19(8-64)93-53)103-58-49(37(80)29(72)18(7-63)96-58)104-56-41(84)36(79)28(71)17(6-62)95-56/h12-13,16-58,61-65,68-87H,5-11H2,1-4H3,(H,59,66)(H,60,67)/t12-,13-,16+,17+,18+,19+,20+,21+,22+,23+,24+,25+,26+,27+,28+,29+,30+,31+,32+,33+,34+,35-,36-,37-,38-,39-,40-,41-,42-,43-,44+,45+,46+,47-,48-,49-,50+,51-,52+,53-,54-,55+,56+,57-,58+/m0/s1. The van der Waals surface area contributed by atoms with E-state index in [1.807, 2.05) is 0 Å². The molecule has 604 valence electrons. The normalized spacial score (nSPS) is 51.9. The first-order chi connectivity index (χ1) is 49.1. The third kappa shape index (κ3) is 18.2. The summed E-state index contributed by atoms with van der Waals surface area (Å²) < 4.78 is 99.7. The molecule has 45 atom stereocenters. The number of hydrogen-bond acceptors (Lipinski definition) is 44. The molecule has 0 unspecified atom stereocenters. The zero-order valence-corrected chi connectivity index (χ0v) is 55.9. The number of aliphatic hydroxyl groups excluding tert-OH is 25. The highest BCUT2D eigenvalue weighted by Gasteiger charge is 2.60. The summed E-state index contributed by atoms with van der Waals surface area (Å²) in [5.74, 6) is -1.84. The highest BCUT2D eigenvalue weighted by atomic mass is 16.8. The summed E-state index contributed by atoms with van der Waals surface area (Å²) in [6, 6.07) is -3.80. The van der Waals surface area contributed by atoms with Gasteiger partial charge in [-0.2, -0.15) is 0 Å². The number of ether oxygens (including phenoxy) is 17. The van der Waals surface area contributed by atoms with Crippen molar-refractivity contribution in [2.75, 3.05) is 46.2 Å². The molecule has 0 radical (unpaired) electrons. The van der Waals surface area contributed by atoms with Crippen molar-refractivity contribution < 1.29 is 218 Å². The van der Waals surface area contributed by atoms with Crippen LogP contribution in [0.4, 0.5) is 0 Å². The number of nitrogens with one attached hydrogen (secondary N) is 2. The van der Waals surface area contributed by atoms with Gasteiger partial charge in [0.15, 0.2) is 56.6 Å². The zero-order chi connectivity index (χ0) is 76.5. The molecule has 9 fully saturated rings. The number of aliphatic hydroxyl groups is 25. The topological polar surface area (TPSA) is 721 Å². The van der Waals surface area contributed by atoms with Gasteiger partial charge in [0.2, 0.25) is 11.8 Å². The molecule has 46 heteroatoms. The van der Waals surface area contributed by atoms with Crippen molar-refractivity contribution in [3.8, 4) is 0 Å². The van der Waals surface area contributed by atoms with Crippen LogP contribution in [0.25, 0.3) is 0 Å². The Morgan fingerprint density at radius 1 is 0.269 bits per heavy atom. The molecule has 0 aliphatic carbocycles. The maximum atomic E-state index is 13.2. The molecule has 0 spiro atoms. The molecule has 2 amide bonds. The van der Waals surface area contributed by atoms with E-state index in [4.69, 9.17) is 80.5 Å².